The van der Waals surface area contributed by atoms with Crippen molar-refractivity contribution in [3.63, 3.8) is 0 Å². The number of carbonyl (C=O) groups excluding carboxylic acids is 2. The van der Waals surface area contributed by atoms with Gasteiger partial charge in [0, 0.05) is 61.7 Å². The first-order chi connectivity index (χ1) is 22.9. The number of benzene rings is 2. The Kier molecular flexibility index (Phi) is 9.16. The fraction of sp³-hybridized carbons (Fsp3) is 0.324. The highest BCUT2D eigenvalue weighted by molar-refractivity contribution is 6.39. The van der Waals surface area contributed by atoms with Crippen LogP contribution in [-0.4, -0.2) is 57.7 Å². The third-order valence-electron chi connectivity index (χ3n) is 8.87. The Morgan fingerprint density at radius 3 is 2.54 bits per heavy atom. The highest BCUT2D eigenvalue weighted by Crippen LogP contribution is 2.47. The SMILES string of the molecule is CCOC(=O)C1CN([C@@H]2CCc3cc(-c4ccc(F)c(-c5cccc(NC(=O)c6cn(C)c(=O)n(C)c6=O)c5Cl)c4Cl)nc(OC)c32)C1. The molecule has 1 aliphatic heterocycles. The van der Waals surface area contributed by atoms with Crippen molar-refractivity contribution in [1.29, 1.82) is 0 Å². The third-order valence-corrected chi connectivity index (χ3v) is 9.67. The second kappa shape index (κ2) is 13.2. The smallest absolute Gasteiger partial charge is 0.330 e. The summed E-state index contributed by atoms with van der Waals surface area (Å²) in [5, 5.41) is 2.64. The van der Waals surface area contributed by atoms with Crippen LogP contribution < -0.4 is 21.3 Å². The number of hydrogen-bond acceptors (Lipinski definition) is 8. The Hall–Kier alpha value is -4.52. The summed E-state index contributed by atoms with van der Waals surface area (Å²) in [6.45, 7) is 3.35. The van der Waals surface area contributed by atoms with E-state index >= 15 is 4.39 Å². The zero-order valence-electron chi connectivity index (χ0n) is 26.6. The number of methoxy groups -OCH3 is 1. The number of halogens is 3. The first-order valence-corrected chi connectivity index (χ1v) is 16.0. The molecule has 4 aromatic rings. The van der Waals surface area contributed by atoms with Gasteiger partial charge in [0.25, 0.3) is 11.5 Å². The van der Waals surface area contributed by atoms with Crippen molar-refractivity contribution in [3.8, 4) is 28.3 Å². The van der Waals surface area contributed by atoms with Crippen LogP contribution in [0.25, 0.3) is 22.4 Å². The standard InChI is InChI=1S/C34H32Cl2FN5O6/c1-5-48-33(45)18-14-42(15-18)25-12-9-17-13-24(39-31(47-4)26(17)25)19-10-11-22(37)27(29(19)36)20-7-6-8-23(28(20)35)38-30(43)21-16-40(2)34(46)41(3)32(21)44/h6-8,10-11,13,16,18,25H,5,9,12,14-15H2,1-4H3,(H,38,43)/t25-/m1/s1. The van der Waals surface area contributed by atoms with E-state index in [0.29, 0.717) is 36.8 Å². The number of nitrogens with zero attached hydrogens (tertiary/aromatic N) is 4. The highest BCUT2D eigenvalue weighted by atomic mass is 35.5. The average molecular weight is 697 g/mol. The van der Waals surface area contributed by atoms with E-state index in [1.165, 1.54) is 32.3 Å². The number of esters is 1. The molecule has 11 nitrogen and oxygen atoms in total. The van der Waals surface area contributed by atoms with Crippen LogP contribution >= 0.6 is 23.2 Å². The van der Waals surface area contributed by atoms with E-state index in [2.05, 4.69) is 10.2 Å². The van der Waals surface area contributed by atoms with Crippen LogP contribution in [0.1, 0.15) is 40.9 Å². The van der Waals surface area contributed by atoms with Crippen molar-refractivity contribution in [3.05, 3.63) is 96.0 Å². The monoisotopic (exact) mass is 695 g/mol. The number of carbonyl (C=O) groups is 2. The molecule has 1 N–H and O–H groups in total. The van der Waals surface area contributed by atoms with Crippen molar-refractivity contribution in [2.45, 2.75) is 25.8 Å². The van der Waals surface area contributed by atoms with Crippen LogP contribution in [0.4, 0.5) is 10.1 Å². The van der Waals surface area contributed by atoms with Gasteiger partial charge >= 0.3 is 11.7 Å². The van der Waals surface area contributed by atoms with Crippen LogP contribution in [0, 0.1) is 11.7 Å². The number of rotatable bonds is 8. The topological polar surface area (TPSA) is 125 Å². The minimum Gasteiger partial charge on any atom is -0.481 e. The zero-order valence-corrected chi connectivity index (χ0v) is 28.1. The van der Waals surface area contributed by atoms with Crippen LogP contribution in [0.2, 0.25) is 10.0 Å². The van der Waals surface area contributed by atoms with Gasteiger partial charge in [-0.15, -0.1) is 0 Å². The number of amides is 1. The summed E-state index contributed by atoms with van der Waals surface area (Å²) in [5.74, 6) is -1.35. The molecule has 14 heteroatoms. The van der Waals surface area contributed by atoms with Crippen LogP contribution in [0.5, 0.6) is 5.88 Å². The average Bonchev–Trinajstić information content (AvgIpc) is 3.46. The van der Waals surface area contributed by atoms with E-state index in [4.69, 9.17) is 37.7 Å². The number of ether oxygens (including phenoxy) is 2. The summed E-state index contributed by atoms with van der Waals surface area (Å²) in [4.78, 5) is 56.9. The van der Waals surface area contributed by atoms with Gasteiger partial charge in [-0.1, -0.05) is 35.3 Å². The maximum Gasteiger partial charge on any atom is 0.330 e. The molecule has 1 saturated heterocycles. The second-order valence-electron chi connectivity index (χ2n) is 11.8. The molecule has 2 aromatic carbocycles. The molecule has 0 saturated carbocycles. The van der Waals surface area contributed by atoms with Gasteiger partial charge in [-0.3, -0.25) is 23.9 Å². The number of aromatic nitrogens is 3. The molecule has 2 aliphatic rings. The number of pyridine rings is 1. The molecule has 1 amide bonds. The number of likely N-dealkylation sites (tertiary alicyclic amines) is 1. The van der Waals surface area contributed by atoms with Gasteiger partial charge in [0.2, 0.25) is 5.88 Å². The minimum absolute atomic E-state index is 0.00184. The Labute approximate surface area is 284 Å². The fourth-order valence-electron chi connectivity index (χ4n) is 6.39. The maximum atomic E-state index is 15.5. The van der Waals surface area contributed by atoms with Crippen molar-refractivity contribution < 1.29 is 23.5 Å². The Bertz CT molecular complexity index is 2090. The van der Waals surface area contributed by atoms with E-state index in [9.17, 15) is 19.2 Å². The molecular weight excluding hydrogens is 664 g/mol. The molecule has 0 unspecified atom stereocenters. The molecule has 250 valence electrons. The molecule has 1 aliphatic carbocycles. The van der Waals surface area contributed by atoms with Crippen LogP contribution in [0.3, 0.4) is 0 Å². The second-order valence-corrected chi connectivity index (χ2v) is 12.5. The summed E-state index contributed by atoms with van der Waals surface area (Å²) in [7, 11) is 4.23. The van der Waals surface area contributed by atoms with Gasteiger partial charge < -0.3 is 19.4 Å². The molecule has 48 heavy (non-hydrogen) atoms. The predicted octanol–water partition coefficient (Wildman–Crippen LogP) is 5.00. The lowest BCUT2D eigenvalue weighted by Gasteiger charge is -2.42. The Morgan fingerprint density at radius 1 is 1.08 bits per heavy atom. The van der Waals surface area contributed by atoms with Crippen molar-refractivity contribution in [2.24, 2.45) is 20.0 Å². The van der Waals surface area contributed by atoms with Crippen molar-refractivity contribution in [1.82, 2.24) is 19.0 Å². The third kappa shape index (κ3) is 5.78. The first-order valence-electron chi connectivity index (χ1n) is 15.3. The van der Waals surface area contributed by atoms with Crippen LogP contribution in [0.15, 0.2) is 52.2 Å². The van der Waals surface area contributed by atoms with E-state index in [1.807, 2.05) is 6.07 Å². The number of aryl methyl sites for hydroxylation is 2. The summed E-state index contributed by atoms with van der Waals surface area (Å²) >= 11 is 13.6. The predicted molar refractivity (Wildman–Crippen MR) is 179 cm³/mol. The quantitative estimate of drug-likeness (QED) is 0.256. The Morgan fingerprint density at radius 2 is 1.83 bits per heavy atom. The van der Waals surface area contributed by atoms with Gasteiger partial charge in [-0.2, -0.15) is 0 Å². The molecule has 3 heterocycles. The maximum absolute atomic E-state index is 15.5. The first kappa shape index (κ1) is 33.4. The molecule has 1 fully saturated rings. The zero-order chi connectivity index (χ0) is 34.4. The summed E-state index contributed by atoms with van der Waals surface area (Å²) in [5.41, 5.74) is 1.58. The molecule has 0 spiro atoms. The van der Waals surface area contributed by atoms with Gasteiger partial charge in [0.1, 0.15) is 11.4 Å². The molecule has 2 aromatic heterocycles. The number of hydrogen-bond donors (Lipinski definition) is 1. The van der Waals surface area contributed by atoms with Gasteiger partial charge in [-0.25, -0.2) is 14.2 Å². The van der Waals surface area contributed by atoms with E-state index in [1.54, 1.807) is 26.2 Å². The van der Waals surface area contributed by atoms with Gasteiger partial charge in [0.15, 0.2) is 0 Å². The lowest BCUT2D eigenvalue weighted by atomic mass is 9.95. The van der Waals surface area contributed by atoms with E-state index in [0.717, 1.165) is 39.3 Å². The number of anilines is 1. The largest absolute Gasteiger partial charge is 0.481 e. The summed E-state index contributed by atoms with van der Waals surface area (Å²) in [6, 6.07) is 9.41. The molecule has 0 radical (unpaired) electrons. The molecular formula is C34H32Cl2FN5O6. The van der Waals surface area contributed by atoms with E-state index < -0.39 is 23.0 Å². The van der Waals surface area contributed by atoms with Crippen LogP contribution in [-0.2, 0) is 30.0 Å². The normalized spacial score (nSPS) is 15.9. The van der Waals surface area contributed by atoms with Crippen molar-refractivity contribution in [2.75, 3.05) is 32.1 Å². The fourth-order valence-corrected chi connectivity index (χ4v) is 7.01. The highest BCUT2D eigenvalue weighted by Gasteiger charge is 2.42. The number of nitrogens with one attached hydrogen (secondary N) is 1. The van der Waals surface area contributed by atoms with Gasteiger partial charge in [-0.05, 0) is 49.6 Å². The lowest BCUT2D eigenvalue weighted by Crippen LogP contribution is -2.51. The summed E-state index contributed by atoms with van der Waals surface area (Å²) < 4.78 is 28.4. The van der Waals surface area contributed by atoms with E-state index in [-0.39, 0.29) is 50.4 Å². The Balaban J connectivity index is 1.32. The minimum atomic E-state index is -0.798. The molecule has 6 rings (SSSR count). The lowest BCUT2D eigenvalue weighted by molar-refractivity contribution is -0.155. The number of fused-ring (bicyclic) bond motifs is 1. The molecule has 0 bridgehead atoms. The molecule has 1 atom stereocenters. The summed E-state index contributed by atoms with van der Waals surface area (Å²) in [6.07, 6.45) is 2.72. The van der Waals surface area contributed by atoms with Gasteiger partial charge in [0.05, 0.1) is 41.1 Å². The van der Waals surface area contributed by atoms with Crippen molar-refractivity contribution >= 4 is 40.8 Å².